The van der Waals surface area contributed by atoms with E-state index in [0.29, 0.717) is 29.7 Å². The van der Waals surface area contributed by atoms with Gasteiger partial charge in [0, 0.05) is 23.3 Å². The zero-order valence-electron chi connectivity index (χ0n) is 11.1. The molecule has 0 unspecified atom stereocenters. The Morgan fingerprint density at radius 1 is 1.50 bits per heavy atom. The van der Waals surface area contributed by atoms with Gasteiger partial charge in [0.25, 0.3) is 0 Å². The maximum atomic E-state index is 12.4. The molecule has 5 heteroatoms. The van der Waals surface area contributed by atoms with Gasteiger partial charge in [0.05, 0.1) is 5.92 Å². The van der Waals surface area contributed by atoms with Gasteiger partial charge in [-0.1, -0.05) is 13.0 Å². The molecule has 1 aromatic heterocycles. The number of rotatable bonds is 1. The van der Waals surface area contributed by atoms with Gasteiger partial charge in [0.1, 0.15) is 17.4 Å². The van der Waals surface area contributed by atoms with Crippen LogP contribution in [0.4, 0.5) is 0 Å². The lowest BCUT2D eigenvalue weighted by Gasteiger charge is -2.32. The molecular formula is C15H14N2O2S. The van der Waals surface area contributed by atoms with Gasteiger partial charge in [0.15, 0.2) is 5.78 Å². The van der Waals surface area contributed by atoms with Crippen LogP contribution in [0.2, 0.25) is 0 Å². The second-order valence-corrected chi connectivity index (χ2v) is 6.19. The first-order valence-electron chi connectivity index (χ1n) is 6.49. The molecule has 2 aliphatic rings. The van der Waals surface area contributed by atoms with E-state index in [1.165, 1.54) is 11.3 Å². The summed E-state index contributed by atoms with van der Waals surface area (Å²) in [7, 11) is 0. The van der Waals surface area contributed by atoms with Crippen molar-refractivity contribution >= 4 is 17.1 Å². The second kappa shape index (κ2) is 4.80. The number of ether oxygens (including phenoxy) is 1. The summed E-state index contributed by atoms with van der Waals surface area (Å²) >= 11 is 1.53. The summed E-state index contributed by atoms with van der Waals surface area (Å²) in [6, 6.07) is 5.95. The molecule has 0 bridgehead atoms. The number of allylic oxidation sites excluding steroid dienone is 3. The minimum atomic E-state index is -0.358. The SMILES string of the molecule is C[C@H]1CC(=O)C2=C(C1)OC(N)=C(C#N)[C@@H]2c1cccs1. The van der Waals surface area contributed by atoms with Crippen LogP contribution in [-0.4, -0.2) is 5.78 Å². The molecule has 2 N–H and O–H groups in total. The van der Waals surface area contributed by atoms with Crippen molar-refractivity contribution in [1.82, 2.24) is 0 Å². The van der Waals surface area contributed by atoms with Crippen LogP contribution < -0.4 is 5.73 Å². The van der Waals surface area contributed by atoms with E-state index in [1.54, 1.807) is 0 Å². The lowest BCUT2D eigenvalue weighted by atomic mass is 9.78. The summed E-state index contributed by atoms with van der Waals surface area (Å²) in [6.07, 6.45) is 1.20. The molecule has 0 fully saturated rings. The Bertz CT molecular complexity index is 665. The van der Waals surface area contributed by atoms with Gasteiger partial charge >= 0.3 is 0 Å². The van der Waals surface area contributed by atoms with Crippen LogP contribution in [0.25, 0.3) is 0 Å². The third-order valence-corrected chi connectivity index (χ3v) is 4.63. The highest BCUT2D eigenvalue weighted by Gasteiger charge is 2.39. The van der Waals surface area contributed by atoms with Crippen LogP contribution in [0.5, 0.6) is 0 Å². The Hall–Kier alpha value is -2.06. The molecule has 0 saturated heterocycles. The van der Waals surface area contributed by atoms with E-state index in [-0.39, 0.29) is 23.5 Å². The summed E-state index contributed by atoms with van der Waals surface area (Å²) in [6.45, 7) is 2.02. The minimum Gasteiger partial charge on any atom is -0.444 e. The maximum absolute atomic E-state index is 12.4. The molecule has 0 spiro atoms. The van der Waals surface area contributed by atoms with Crippen molar-refractivity contribution in [3.05, 3.63) is 45.2 Å². The molecule has 0 aromatic carbocycles. The average Bonchev–Trinajstić information content (AvgIpc) is 2.90. The van der Waals surface area contributed by atoms with Crippen molar-refractivity contribution in [2.45, 2.75) is 25.7 Å². The summed E-state index contributed by atoms with van der Waals surface area (Å²) in [5.41, 5.74) is 6.84. The largest absolute Gasteiger partial charge is 0.444 e. The first-order valence-corrected chi connectivity index (χ1v) is 7.37. The topological polar surface area (TPSA) is 76.1 Å². The van der Waals surface area contributed by atoms with Gasteiger partial charge in [-0.3, -0.25) is 4.79 Å². The first kappa shape index (κ1) is 12.9. The fourth-order valence-corrected chi connectivity index (χ4v) is 3.68. The number of hydrogen-bond acceptors (Lipinski definition) is 5. The van der Waals surface area contributed by atoms with Crippen LogP contribution in [0.3, 0.4) is 0 Å². The summed E-state index contributed by atoms with van der Waals surface area (Å²) in [5, 5.41) is 11.3. The van der Waals surface area contributed by atoms with Crippen LogP contribution in [0.1, 0.15) is 30.6 Å². The van der Waals surface area contributed by atoms with E-state index in [2.05, 4.69) is 6.07 Å². The highest BCUT2D eigenvalue weighted by molar-refractivity contribution is 7.10. The molecule has 1 aliphatic heterocycles. The van der Waals surface area contributed by atoms with Crippen molar-refractivity contribution in [2.75, 3.05) is 0 Å². The summed E-state index contributed by atoms with van der Waals surface area (Å²) in [4.78, 5) is 13.4. The highest BCUT2D eigenvalue weighted by atomic mass is 32.1. The molecule has 0 amide bonds. The van der Waals surface area contributed by atoms with E-state index in [9.17, 15) is 10.1 Å². The molecule has 0 radical (unpaired) electrons. The highest BCUT2D eigenvalue weighted by Crippen LogP contribution is 2.45. The third kappa shape index (κ3) is 1.93. The van der Waals surface area contributed by atoms with Gasteiger partial charge in [-0.15, -0.1) is 11.3 Å². The molecule has 2 heterocycles. The molecule has 3 rings (SSSR count). The van der Waals surface area contributed by atoms with Crippen LogP contribution >= 0.6 is 11.3 Å². The summed E-state index contributed by atoms with van der Waals surface area (Å²) < 4.78 is 5.56. The van der Waals surface area contributed by atoms with Crippen LogP contribution in [0.15, 0.2) is 40.3 Å². The van der Waals surface area contributed by atoms with E-state index in [1.807, 2.05) is 24.4 Å². The lowest BCUT2D eigenvalue weighted by Crippen LogP contribution is -2.29. The van der Waals surface area contributed by atoms with Crippen LogP contribution in [0, 0.1) is 17.2 Å². The second-order valence-electron chi connectivity index (χ2n) is 5.21. The van der Waals surface area contributed by atoms with E-state index in [4.69, 9.17) is 10.5 Å². The van der Waals surface area contributed by atoms with E-state index < -0.39 is 0 Å². The predicted octanol–water partition coefficient (Wildman–Crippen LogP) is 2.81. The molecular weight excluding hydrogens is 272 g/mol. The monoisotopic (exact) mass is 286 g/mol. The zero-order chi connectivity index (χ0) is 14.3. The van der Waals surface area contributed by atoms with Gasteiger partial charge < -0.3 is 10.5 Å². The van der Waals surface area contributed by atoms with Crippen molar-refractivity contribution in [2.24, 2.45) is 11.7 Å². The Kier molecular flexibility index (Phi) is 3.11. The number of thiophene rings is 1. The Labute approximate surface area is 121 Å². The Balaban J connectivity index is 2.16. The number of ketones is 1. The quantitative estimate of drug-likeness (QED) is 0.861. The molecule has 0 saturated carbocycles. The van der Waals surface area contributed by atoms with Crippen molar-refractivity contribution in [3.63, 3.8) is 0 Å². The fourth-order valence-electron chi connectivity index (χ4n) is 2.83. The van der Waals surface area contributed by atoms with Gasteiger partial charge in [-0.05, 0) is 17.4 Å². The molecule has 1 aromatic rings. The van der Waals surface area contributed by atoms with Crippen molar-refractivity contribution < 1.29 is 9.53 Å². The van der Waals surface area contributed by atoms with E-state index in [0.717, 1.165) is 4.88 Å². The van der Waals surface area contributed by atoms with Crippen molar-refractivity contribution in [1.29, 1.82) is 5.26 Å². The molecule has 20 heavy (non-hydrogen) atoms. The van der Waals surface area contributed by atoms with Crippen molar-refractivity contribution in [3.8, 4) is 6.07 Å². The number of Topliss-reactive ketones (excluding diaryl/α,β-unsaturated/α-hetero) is 1. The number of nitrogens with two attached hydrogens (primary N) is 1. The summed E-state index contributed by atoms with van der Waals surface area (Å²) in [5.74, 6) is 0.734. The Morgan fingerprint density at radius 3 is 2.95 bits per heavy atom. The lowest BCUT2D eigenvalue weighted by molar-refractivity contribution is -0.117. The number of carbonyl (C=O) groups excluding carboxylic acids is 1. The standard InChI is InChI=1S/C15H14N2O2S/c1-8-5-10(18)14-11(6-8)19-15(17)9(7-16)13(14)12-3-2-4-20-12/h2-4,8,13H,5-6,17H2,1H3/t8-,13+/m0/s1. The minimum absolute atomic E-state index is 0.0670. The fraction of sp³-hybridized carbons (Fsp3) is 0.333. The predicted molar refractivity (Wildman–Crippen MR) is 75.4 cm³/mol. The normalized spacial score (nSPS) is 26.1. The Morgan fingerprint density at radius 2 is 2.30 bits per heavy atom. The number of nitriles is 1. The van der Waals surface area contributed by atoms with E-state index >= 15 is 0 Å². The van der Waals surface area contributed by atoms with Gasteiger partial charge in [0.2, 0.25) is 5.88 Å². The molecule has 4 nitrogen and oxygen atoms in total. The number of carbonyl (C=O) groups is 1. The van der Waals surface area contributed by atoms with Crippen LogP contribution in [-0.2, 0) is 9.53 Å². The third-order valence-electron chi connectivity index (χ3n) is 3.69. The maximum Gasteiger partial charge on any atom is 0.205 e. The number of hydrogen-bond donors (Lipinski definition) is 1. The zero-order valence-corrected chi connectivity index (χ0v) is 11.9. The average molecular weight is 286 g/mol. The number of nitrogens with zero attached hydrogens (tertiary/aromatic N) is 1. The smallest absolute Gasteiger partial charge is 0.205 e. The van der Waals surface area contributed by atoms with Gasteiger partial charge in [-0.2, -0.15) is 5.26 Å². The molecule has 2 atom stereocenters. The first-order chi connectivity index (χ1) is 9.61. The van der Waals surface area contributed by atoms with Gasteiger partial charge in [-0.25, -0.2) is 0 Å². The molecule has 1 aliphatic carbocycles. The molecule has 102 valence electrons.